The summed E-state index contributed by atoms with van der Waals surface area (Å²) in [6, 6.07) is 19.8. The van der Waals surface area contributed by atoms with Gasteiger partial charge in [0.15, 0.2) is 0 Å². The normalized spacial score (nSPS) is 17.0. The molecule has 0 radical (unpaired) electrons. The lowest BCUT2D eigenvalue weighted by Crippen LogP contribution is -2.31. The molecule has 0 amide bonds. The molecule has 0 spiro atoms. The van der Waals surface area contributed by atoms with Crippen molar-refractivity contribution in [1.82, 2.24) is 5.32 Å². The second-order valence-corrected chi connectivity index (χ2v) is 6.22. The Labute approximate surface area is 137 Å². The van der Waals surface area contributed by atoms with E-state index in [0.29, 0.717) is 0 Å². The van der Waals surface area contributed by atoms with Gasteiger partial charge in [0.25, 0.3) is 0 Å². The Balaban J connectivity index is 1.97. The lowest BCUT2D eigenvalue weighted by atomic mass is 9.85. The molecule has 23 heavy (non-hydrogen) atoms. The van der Waals surface area contributed by atoms with Crippen LogP contribution < -0.4 is 10.1 Å². The molecule has 0 aromatic heterocycles. The molecule has 1 aliphatic rings. The Bertz CT molecular complexity index is 869. The monoisotopic (exact) mass is 303 g/mol. The fraction of sp³-hybridized carbons (Fsp3) is 0.238. The summed E-state index contributed by atoms with van der Waals surface area (Å²) in [5.74, 6) is 0.911. The Morgan fingerprint density at radius 3 is 2.74 bits per heavy atom. The van der Waals surface area contributed by atoms with E-state index in [-0.39, 0.29) is 6.04 Å². The summed E-state index contributed by atoms with van der Waals surface area (Å²) in [4.78, 5) is 0. The summed E-state index contributed by atoms with van der Waals surface area (Å²) >= 11 is 0. The molecule has 1 heterocycles. The molecule has 0 aliphatic carbocycles. The van der Waals surface area contributed by atoms with Gasteiger partial charge in [0.1, 0.15) is 5.75 Å². The van der Waals surface area contributed by atoms with Crippen molar-refractivity contribution in [3.05, 3.63) is 76.9 Å². The van der Waals surface area contributed by atoms with Crippen LogP contribution >= 0.6 is 0 Å². The summed E-state index contributed by atoms with van der Waals surface area (Å²) in [5, 5.41) is 6.26. The third-order valence-corrected chi connectivity index (χ3v) is 4.89. The van der Waals surface area contributed by atoms with Crippen molar-refractivity contribution in [2.24, 2.45) is 0 Å². The minimum atomic E-state index is 0.246. The fourth-order valence-corrected chi connectivity index (χ4v) is 3.70. The van der Waals surface area contributed by atoms with Crippen molar-refractivity contribution in [3.63, 3.8) is 0 Å². The van der Waals surface area contributed by atoms with E-state index in [1.54, 1.807) is 7.11 Å². The maximum Gasteiger partial charge on any atom is 0.119 e. The van der Waals surface area contributed by atoms with E-state index >= 15 is 0 Å². The van der Waals surface area contributed by atoms with Crippen LogP contribution in [0.25, 0.3) is 10.8 Å². The highest BCUT2D eigenvalue weighted by atomic mass is 16.5. The number of ether oxygens (including phenoxy) is 1. The first-order valence-corrected chi connectivity index (χ1v) is 8.16. The quantitative estimate of drug-likeness (QED) is 0.758. The zero-order valence-electron chi connectivity index (χ0n) is 13.6. The predicted octanol–water partition coefficient (Wildman–Crippen LogP) is 4.39. The van der Waals surface area contributed by atoms with Gasteiger partial charge in [-0.25, -0.2) is 0 Å². The third-order valence-electron chi connectivity index (χ3n) is 4.89. The van der Waals surface area contributed by atoms with Crippen LogP contribution in [0.4, 0.5) is 0 Å². The molecular formula is C21H21NO. The van der Waals surface area contributed by atoms with E-state index in [4.69, 9.17) is 4.74 Å². The number of fused-ring (bicyclic) bond motifs is 2. The van der Waals surface area contributed by atoms with Crippen molar-refractivity contribution in [1.29, 1.82) is 0 Å². The van der Waals surface area contributed by atoms with E-state index in [2.05, 4.69) is 60.8 Å². The zero-order chi connectivity index (χ0) is 15.8. The zero-order valence-corrected chi connectivity index (χ0v) is 13.6. The fourth-order valence-electron chi connectivity index (χ4n) is 3.70. The molecule has 0 saturated heterocycles. The summed E-state index contributed by atoms with van der Waals surface area (Å²) in [6.45, 7) is 3.22. The number of nitrogens with one attached hydrogen (secondary N) is 1. The van der Waals surface area contributed by atoms with E-state index in [0.717, 1.165) is 18.7 Å². The standard InChI is InChI=1S/C21H21NO/c1-14-7-8-16-9-10-17(23-2)13-19(16)20(14)21-18-6-4-3-5-15(18)11-12-22-21/h3-10,13,21-22H,11-12H2,1-2H3. The molecule has 0 bridgehead atoms. The lowest BCUT2D eigenvalue weighted by Gasteiger charge is -2.29. The van der Waals surface area contributed by atoms with E-state index in [1.165, 1.54) is 33.0 Å². The molecule has 1 aliphatic heterocycles. The Kier molecular flexibility index (Phi) is 3.55. The molecule has 2 heteroatoms. The van der Waals surface area contributed by atoms with Gasteiger partial charge in [-0.1, -0.05) is 42.5 Å². The number of benzene rings is 3. The van der Waals surface area contributed by atoms with Crippen LogP contribution in [0.1, 0.15) is 28.3 Å². The van der Waals surface area contributed by atoms with Gasteiger partial charge in [-0.15, -0.1) is 0 Å². The first-order chi connectivity index (χ1) is 11.3. The summed E-state index contributed by atoms with van der Waals surface area (Å²) < 4.78 is 5.45. The van der Waals surface area contributed by atoms with Crippen molar-refractivity contribution in [2.75, 3.05) is 13.7 Å². The van der Waals surface area contributed by atoms with Crippen molar-refractivity contribution < 1.29 is 4.74 Å². The molecule has 2 nitrogen and oxygen atoms in total. The molecule has 4 rings (SSSR count). The smallest absolute Gasteiger partial charge is 0.119 e. The molecule has 0 saturated carbocycles. The highest BCUT2D eigenvalue weighted by Crippen LogP contribution is 2.36. The van der Waals surface area contributed by atoms with Gasteiger partial charge >= 0.3 is 0 Å². The van der Waals surface area contributed by atoms with Crippen molar-refractivity contribution >= 4 is 10.8 Å². The van der Waals surface area contributed by atoms with Crippen LogP contribution in [0.2, 0.25) is 0 Å². The molecule has 0 fully saturated rings. The SMILES string of the molecule is COc1ccc2ccc(C)c(C3NCCc4ccccc43)c2c1. The minimum absolute atomic E-state index is 0.246. The number of rotatable bonds is 2. The van der Waals surface area contributed by atoms with E-state index < -0.39 is 0 Å². The van der Waals surface area contributed by atoms with Gasteiger partial charge in [-0.05, 0) is 58.5 Å². The van der Waals surface area contributed by atoms with E-state index in [9.17, 15) is 0 Å². The number of methoxy groups -OCH3 is 1. The van der Waals surface area contributed by atoms with Crippen molar-refractivity contribution in [3.8, 4) is 5.75 Å². The average molecular weight is 303 g/mol. The molecule has 1 N–H and O–H groups in total. The first-order valence-electron chi connectivity index (χ1n) is 8.16. The van der Waals surface area contributed by atoms with Crippen LogP contribution in [0.3, 0.4) is 0 Å². The minimum Gasteiger partial charge on any atom is -0.497 e. The van der Waals surface area contributed by atoms with Gasteiger partial charge in [0, 0.05) is 6.54 Å². The number of hydrogen-bond acceptors (Lipinski definition) is 2. The highest BCUT2D eigenvalue weighted by molar-refractivity contribution is 5.89. The van der Waals surface area contributed by atoms with Crippen LogP contribution in [-0.4, -0.2) is 13.7 Å². The predicted molar refractivity (Wildman–Crippen MR) is 95.2 cm³/mol. The summed E-state index contributed by atoms with van der Waals surface area (Å²) in [6.07, 6.45) is 1.10. The topological polar surface area (TPSA) is 21.3 Å². The maximum atomic E-state index is 5.45. The summed E-state index contributed by atoms with van der Waals surface area (Å²) in [7, 11) is 1.73. The van der Waals surface area contributed by atoms with Crippen LogP contribution in [0.15, 0.2) is 54.6 Å². The maximum absolute atomic E-state index is 5.45. The third kappa shape index (κ3) is 2.40. The largest absolute Gasteiger partial charge is 0.497 e. The molecular weight excluding hydrogens is 282 g/mol. The Hall–Kier alpha value is -2.32. The van der Waals surface area contributed by atoms with Gasteiger partial charge in [-0.3, -0.25) is 0 Å². The van der Waals surface area contributed by atoms with Gasteiger partial charge < -0.3 is 10.1 Å². The first kappa shape index (κ1) is 14.3. The van der Waals surface area contributed by atoms with Gasteiger partial charge in [0.2, 0.25) is 0 Å². The summed E-state index contributed by atoms with van der Waals surface area (Å²) in [5.41, 5.74) is 5.54. The van der Waals surface area contributed by atoms with Crippen LogP contribution in [0, 0.1) is 6.92 Å². The lowest BCUT2D eigenvalue weighted by molar-refractivity contribution is 0.415. The average Bonchev–Trinajstić information content (AvgIpc) is 2.61. The Morgan fingerprint density at radius 2 is 1.87 bits per heavy atom. The molecule has 1 atom stereocenters. The molecule has 3 aromatic carbocycles. The molecule has 3 aromatic rings. The van der Waals surface area contributed by atoms with Crippen molar-refractivity contribution in [2.45, 2.75) is 19.4 Å². The van der Waals surface area contributed by atoms with E-state index in [1.807, 2.05) is 6.07 Å². The Morgan fingerprint density at radius 1 is 1.04 bits per heavy atom. The second kappa shape index (κ2) is 5.71. The second-order valence-electron chi connectivity index (χ2n) is 6.22. The number of hydrogen-bond donors (Lipinski definition) is 1. The molecule has 1 unspecified atom stereocenters. The highest BCUT2D eigenvalue weighted by Gasteiger charge is 2.24. The molecule has 116 valence electrons. The van der Waals surface area contributed by atoms with Gasteiger partial charge in [-0.2, -0.15) is 0 Å². The van der Waals surface area contributed by atoms with Gasteiger partial charge in [0.05, 0.1) is 13.2 Å². The van der Waals surface area contributed by atoms with Crippen LogP contribution in [-0.2, 0) is 6.42 Å². The number of aryl methyl sites for hydroxylation is 1. The van der Waals surface area contributed by atoms with Crippen LogP contribution in [0.5, 0.6) is 5.75 Å².